The van der Waals surface area contributed by atoms with Crippen molar-refractivity contribution >= 4 is 0 Å². The first-order valence-corrected chi connectivity index (χ1v) is 7.27. The lowest BCUT2D eigenvalue weighted by molar-refractivity contribution is 0.568. The molecule has 2 heterocycles. The Balaban J connectivity index is 1.95. The predicted molar refractivity (Wildman–Crippen MR) is 80.7 cm³/mol. The molecule has 2 aromatic heterocycles. The summed E-state index contributed by atoms with van der Waals surface area (Å²) in [5, 5.41) is 12.4. The summed E-state index contributed by atoms with van der Waals surface area (Å²) >= 11 is 0. The molecule has 0 saturated carbocycles. The van der Waals surface area contributed by atoms with Gasteiger partial charge in [0, 0.05) is 37.1 Å². The largest absolute Gasteiger partial charge is 0.310 e. The molecule has 0 amide bonds. The first kappa shape index (κ1) is 14.8. The second-order valence-electron chi connectivity index (χ2n) is 5.35. The minimum Gasteiger partial charge on any atom is -0.310 e. The van der Waals surface area contributed by atoms with E-state index in [1.54, 1.807) is 0 Å². The minimum atomic E-state index is 0.326. The van der Waals surface area contributed by atoms with E-state index in [-0.39, 0.29) is 0 Å². The average molecular weight is 275 g/mol. The van der Waals surface area contributed by atoms with Crippen molar-refractivity contribution in [2.24, 2.45) is 7.05 Å². The van der Waals surface area contributed by atoms with Gasteiger partial charge in [-0.1, -0.05) is 0 Å². The van der Waals surface area contributed by atoms with Crippen molar-refractivity contribution in [2.45, 2.75) is 46.7 Å². The summed E-state index contributed by atoms with van der Waals surface area (Å²) in [5.41, 5.74) is 5.00. The van der Waals surface area contributed by atoms with E-state index in [0.717, 1.165) is 25.2 Å². The number of nitrogens with one attached hydrogen (secondary N) is 1. The number of hydrogen-bond donors (Lipinski definition) is 1. The Bertz CT molecular complexity index is 567. The third-order valence-electron chi connectivity index (χ3n) is 3.79. The van der Waals surface area contributed by atoms with Crippen LogP contribution in [-0.2, 0) is 20.0 Å². The van der Waals surface area contributed by atoms with Crippen molar-refractivity contribution in [1.82, 2.24) is 24.9 Å². The Morgan fingerprint density at radius 3 is 2.65 bits per heavy atom. The van der Waals surface area contributed by atoms with Gasteiger partial charge in [0.15, 0.2) is 0 Å². The molecule has 0 fully saturated rings. The van der Waals surface area contributed by atoms with Crippen molar-refractivity contribution in [3.05, 3.63) is 34.9 Å². The van der Waals surface area contributed by atoms with Crippen LogP contribution in [0.15, 0.2) is 12.4 Å². The Labute approximate surface area is 121 Å². The van der Waals surface area contributed by atoms with Crippen LogP contribution in [0.4, 0.5) is 0 Å². The third-order valence-corrected chi connectivity index (χ3v) is 3.79. The standard InChI is InChI=1S/C15H25N5/c1-6-20-13(4)15(12(3)18-20)11(2)16-8-7-14-9-17-19(5)10-14/h9-11,16H,6-8H2,1-5H3. The molecule has 0 aliphatic heterocycles. The molecular formula is C15H25N5. The summed E-state index contributed by atoms with van der Waals surface area (Å²) in [6.07, 6.45) is 4.99. The lowest BCUT2D eigenvalue weighted by Gasteiger charge is -2.14. The van der Waals surface area contributed by atoms with Crippen LogP contribution < -0.4 is 5.32 Å². The highest BCUT2D eigenvalue weighted by molar-refractivity contribution is 5.27. The summed E-state index contributed by atoms with van der Waals surface area (Å²) in [6, 6.07) is 0.326. The normalized spacial score (nSPS) is 12.8. The average Bonchev–Trinajstić information content (AvgIpc) is 2.93. The third kappa shape index (κ3) is 3.10. The fourth-order valence-corrected chi connectivity index (χ4v) is 2.78. The number of nitrogens with zero attached hydrogens (tertiary/aromatic N) is 4. The summed E-state index contributed by atoms with van der Waals surface area (Å²) in [7, 11) is 1.95. The van der Waals surface area contributed by atoms with Gasteiger partial charge < -0.3 is 5.32 Å². The number of aromatic nitrogens is 4. The predicted octanol–water partition coefficient (Wildman–Crippen LogP) is 2.15. The molecule has 0 aromatic carbocycles. The number of rotatable bonds is 6. The number of aryl methyl sites for hydroxylation is 3. The monoisotopic (exact) mass is 275 g/mol. The summed E-state index contributed by atoms with van der Waals surface area (Å²) in [4.78, 5) is 0. The van der Waals surface area contributed by atoms with Gasteiger partial charge in [0.2, 0.25) is 0 Å². The maximum absolute atomic E-state index is 4.58. The highest BCUT2D eigenvalue weighted by atomic mass is 15.3. The van der Waals surface area contributed by atoms with Crippen LogP contribution in [0.25, 0.3) is 0 Å². The second-order valence-corrected chi connectivity index (χ2v) is 5.35. The van der Waals surface area contributed by atoms with Gasteiger partial charge in [-0.2, -0.15) is 10.2 Å². The zero-order valence-electron chi connectivity index (χ0n) is 13.1. The molecule has 0 spiro atoms. The molecule has 1 N–H and O–H groups in total. The summed E-state index contributed by atoms with van der Waals surface area (Å²) in [6.45, 7) is 10.5. The molecule has 110 valence electrons. The van der Waals surface area contributed by atoms with Crippen LogP contribution in [0.5, 0.6) is 0 Å². The van der Waals surface area contributed by atoms with Crippen molar-refractivity contribution in [3.63, 3.8) is 0 Å². The maximum Gasteiger partial charge on any atom is 0.0644 e. The quantitative estimate of drug-likeness (QED) is 0.878. The molecule has 0 radical (unpaired) electrons. The van der Waals surface area contributed by atoms with Gasteiger partial charge in [0.25, 0.3) is 0 Å². The zero-order valence-corrected chi connectivity index (χ0v) is 13.1. The fraction of sp³-hybridized carbons (Fsp3) is 0.600. The first-order chi connectivity index (χ1) is 9.52. The molecule has 1 atom stereocenters. The topological polar surface area (TPSA) is 47.7 Å². The summed E-state index contributed by atoms with van der Waals surface area (Å²) < 4.78 is 3.92. The van der Waals surface area contributed by atoms with Gasteiger partial charge in [-0.05, 0) is 46.2 Å². The molecule has 2 rings (SSSR count). The Hall–Kier alpha value is -1.62. The Kier molecular flexibility index (Phi) is 4.60. The van der Waals surface area contributed by atoms with Crippen LogP contribution in [0.2, 0.25) is 0 Å². The molecule has 20 heavy (non-hydrogen) atoms. The van der Waals surface area contributed by atoms with Crippen molar-refractivity contribution in [2.75, 3.05) is 6.54 Å². The lowest BCUT2D eigenvalue weighted by atomic mass is 10.1. The van der Waals surface area contributed by atoms with Gasteiger partial charge in [-0.3, -0.25) is 9.36 Å². The van der Waals surface area contributed by atoms with E-state index in [9.17, 15) is 0 Å². The lowest BCUT2D eigenvalue weighted by Crippen LogP contribution is -2.22. The van der Waals surface area contributed by atoms with Crippen LogP contribution in [0.1, 0.15) is 42.4 Å². The van der Waals surface area contributed by atoms with Crippen LogP contribution in [-0.4, -0.2) is 26.1 Å². The van der Waals surface area contributed by atoms with Crippen molar-refractivity contribution < 1.29 is 0 Å². The van der Waals surface area contributed by atoms with Gasteiger partial charge in [-0.15, -0.1) is 0 Å². The first-order valence-electron chi connectivity index (χ1n) is 7.27. The fourth-order valence-electron chi connectivity index (χ4n) is 2.78. The molecule has 5 heteroatoms. The van der Waals surface area contributed by atoms with E-state index in [2.05, 4.69) is 54.1 Å². The molecule has 0 bridgehead atoms. The maximum atomic E-state index is 4.58. The van der Waals surface area contributed by atoms with Gasteiger partial charge in [0.1, 0.15) is 0 Å². The van der Waals surface area contributed by atoms with Gasteiger partial charge in [0.05, 0.1) is 11.9 Å². The van der Waals surface area contributed by atoms with Crippen molar-refractivity contribution in [1.29, 1.82) is 0 Å². The van der Waals surface area contributed by atoms with Crippen LogP contribution in [0, 0.1) is 13.8 Å². The SMILES string of the molecule is CCn1nc(C)c(C(C)NCCc2cnn(C)c2)c1C. The summed E-state index contributed by atoms with van der Waals surface area (Å²) in [5.74, 6) is 0. The van der Waals surface area contributed by atoms with Gasteiger partial charge >= 0.3 is 0 Å². The molecule has 5 nitrogen and oxygen atoms in total. The van der Waals surface area contributed by atoms with Crippen LogP contribution in [0.3, 0.4) is 0 Å². The smallest absolute Gasteiger partial charge is 0.0644 e. The number of hydrogen-bond acceptors (Lipinski definition) is 3. The minimum absolute atomic E-state index is 0.326. The Morgan fingerprint density at radius 1 is 1.35 bits per heavy atom. The van der Waals surface area contributed by atoms with Crippen molar-refractivity contribution in [3.8, 4) is 0 Å². The van der Waals surface area contributed by atoms with Crippen LogP contribution >= 0.6 is 0 Å². The van der Waals surface area contributed by atoms with E-state index in [0.29, 0.717) is 6.04 Å². The van der Waals surface area contributed by atoms with E-state index in [1.165, 1.54) is 16.8 Å². The molecule has 0 aliphatic rings. The molecule has 0 aliphatic carbocycles. The highest BCUT2D eigenvalue weighted by Gasteiger charge is 2.16. The van der Waals surface area contributed by atoms with E-state index < -0.39 is 0 Å². The zero-order chi connectivity index (χ0) is 14.7. The molecule has 0 saturated heterocycles. The van der Waals surface area contributed by atoms with Gasteiger partial charge in [-0.25, -0.2) is 0 Å². The van der Waals surface area contributed by atoms with E-state index in [1.807, 2.05) is 17.9 Å². The van der Waals surface area contributed by atoms with E-state index >= 15 is 0 Å². The second kappa shape index (κ2) is 6.22. The highest BCUT2D eigenvalue weighted by Crippen LogP contribution is 2.21. The molecular weight excluding hydrogens is 250 g/mol. The Morgan fingerprint density at radius 2 is 2.10 bits per heavy atom. The van der Waals surface area contributed by atoms with E-state index in [4.69, 9.17) is 0 Å². The molecule has 2 aromatic rings. The molecule has 1 unspecified atom stereocenters.